The SMILES string of the molecule is CCCCC(CC)(Pc1c(F)c(F)c(F)c(F)c1F)c1cc(C)cc(C(C)(C)C)c1OCOC. The van der Waals surface area contributed by atoms with E-state index in [9.17, 15) is 22.0 Å². The topological polar surface area (TPSA) is 18.5 Å². The van der Waals surface area contributed by atoms with Crippen molar-refractivity contribution in [2.75, 3.05) is 13.9 Å². The Morgan fingerprint density at radius 3 is 1.85 bits per heavy atom. The molecule has 2 nitrogen and oxygen atoms in total. The molecule has 0 bridgehead atoms. The van der Waals surface area contributed by atoms with Gasteiger partial charge in [0.25, 0.3) is 0 Å². The minimum Gasteiger partial charge on any atom is -0.467 e. The van der Waals surface area contributed by atoms with Gasteiger partial charge in [-0.15, -0.1) is 0 Å². The molecule has 2 aromatic rings. The van der Waals surface area contributed by atoms with Crippen LogP contribution in [0.3, 0.4) is 0 Å². The molecule has 0 saturated heterocycles. The molecule has 0 fully saturated rings. The van der Waals surface area contributed by atoms with Crippen molar-refractivity contribution in [3.8, 4) is 5.75 Å². The van der Waals surface area contributed by atoms with Crippen molar-refractivity contribution >= 4 is 13.9 Å². The summed E-state index contributed by atoms with van der Waals surface area (Å²) in [6.45, 7) is 11.8. The largest absolute Gasteiger partial charge is 0.467 e. The van der Waals surface area contributed by atoms with Crippen LogP contribution in [0.4, 0.5) is 22.0 Å². The van der Waals surface area contributed by atoms with Gasteiger partial charge in [0.15, 0.2) is 30.1 Å². The number of benzene rings is 2. The van der Waals surface area contributed by atoms with E-state index in [1.807, 2.05) is 53.7 Å². The van der Waals surface area contributed by atoms with Crippen LogP contribution >= 0.6 is 8.58 Å². The Kier molecular flexibility index (Phi) is 9.52. The molecule has 8 heteroatoms. The molecular formula is C26H34F5O2P. The molecule has 0 N–H and O–H groups in total. The Morgan fingerprint density at radius 2 is 1.38 bits per heavy atom. The number of methoxy groups -OCH3 is 1. The predicted octanol–water partition coefficient (Wildman–Crippen LogP) is 7.77. The third kappa shape index (κ3) is 5.73. The van der Waals surface area contributed by atoms with Crippen molar-refractivity contribution in [3.63, 3.8) is 0 Å². The summed E-state index contributed by atoms with van der Waals surface area (Å²) in [5.74, 6) is -8.99. The molecule has 2 atom stereocenters. The lowest BCUT2D eigenvalue weighted by molar-refractivity contribution is 0.0485. The van der Waals surface area contributed by atoms with Gasteiger partial charge in [0.1, 0.15) is 5.75 Å². The van der Waals surface area contributed by atoms with Gasteiger partial charge in [-0.1, -0.05) is 73.7 Å². The third-order valence-corrected chi connectivity index (χ3v) is 8.05. The first-order chi connectivity index (χ1) is 15.8. The van der Waals surface area contributed by atoms with Crippen LogP contribution < -0.4 is 10.0 Å². The first kappa shape index (κ1) is 28.5. The third-order valence-electron chi connectivity index (χ3n) is 6.01. The average molecular weight is 505 g/mol. The predicted molar refractivity (Wildman–Crippen MR) is 128 cm³/mol. The number of unbranched alkanes of at least 4 members (excludes halogenated alkanes) is 1. The molecule has 0 radical (unpaired) electrons. The molecule has 0 saturated carbocycles. The summed E-state index contributed by atoms with van der Waals surface area (Å²) in [6, 6.07) is 3.90. The fourth-order valence-electron chi connectivity index (χ4n) is 4.11. The average Bonchev–Trinajstić information content (AvgIpc) is 2.79. The molecule has 0 spiro atoms. The monoisotopic (exact) mass is 504 g/mol. The summed E-state index contributed by atoms with van der Waals surface area (Å²) in [4.78, 5) is 0. The van der Waals surface area contributed by atoms with Crippen LogP contribution in [0, 0.1) is 36.0 Å². The van der Waals surface area contributed by atoms with E-state index in [0.29, 0.717) is 30.6 Å². The van der Waals surface area contributed by atoms with Gasteiger partial charge in [-0.3, -0.25) is 0 Å². The van der Waals surface area contributed by atoms with E-state index in [1.54, 1.807) is 0 Å². The molecule has 0 amide bonds. The summed E-state index contributed by atoms with van der Waals surface area (Å²) in [6.07, 6.45) is 2.42. The second kappa shape index (κ2) is 11.3. The number of halogens is 5. The van der Waals surface area contributed by atoms with Crippen molar-refractivity contribution in [2.45, 2.75) is 77.8 Å². The quantitative estimate of drug-likeness (QED) is 0.108. The second-order valence-corrected chi connectivity index (χ2v) is 11.3. The highest BCUT2D eigenvalue weighted by Crippen LogP contribution is 2.54. The first-order valence-corrected chi connectivity index (χ1v) is 12.4. The van der Waals surface area contributed by atoms with Crippen LogP contribution in [0.2, 0.25) is 0 Å². The summed E-state index contributed by atoms with van der Waals surface area (Å²) < 4.78 is 82.6. The Bertz CT molecular complexity index is 990. The number of hydrogen-bond acceptors (Lipinski definition) is 2. The fourth-order valence-corrected chi connectivity index (χ4v) is 5.83. The maximum absolute atomic E-state index is 14.8. The molecule has 0 aliphatic heterocycles. The smallest absolute Gasteiger partial charge is 0.200 e. The number of ether oxygens (including phenoxy) is 2. The van der Waals surface area contributed by atoms with Crippen LogP contribution in [-0.4, -0.2) is 13.9 Å². The van der Waals surface area contributed by atoms with E-state index in [0.717, 1.165) is 17.5 Å². The number of rotatable bonds is 10. The number of hydrogen-bond donors (Lipinski definition) is 0. The zero-order valence-corrected chi connectivity index (χ0v) is 21.9. The van der Waals surface area contributed by atoms with E-state index in [4.69, 9.17) is 9.47 Å². The van der Waals surface area contributed by atoms with Gasteiger partial charge in [-0.05, 0) is 25.2 Å². The van der Waals surface area contributed by atoms with Crippen molar-refractivity contribution in [1.82, 2.24) is 0 Å². The lowest BCUT2D eigenvalue weighted by Crippen LogP contribution is -2.29. The molecule has 34 heavy (non-hydrogen) atoms. The van der Waals surface area contributed by atoms with E-state index in [1.165, 1.54) is 7.11 Å². The van der Waals surface area contributed by atoms with Gasteiger partial charge >= 0.3 is 0 Å². The van der Waals surface area contributed by atoms with E-state index in [2.05, 4.69) is 0 Å². The fraction of sp³-hybridized carbons (Fsp3) is 0.538. The van der Waals surface area contributed by atoms with Gasteiger partial charge in [0.05, 0.1) is 5.30 Å². The van der Waals surface area contributed by atoms with Gasteiger partial charge < -0.3 is 9.47 Å². The highest BCUT2D eigenvalue weighted by atomic mass is 31.1. The number of aryl methyl sites for hydroxylation is 1. The van der Waals surface area contributed by atoms with Gasteiger partial charge in [-0.25, -0.2) is 22.0 Å². The molecule has 0 aliphatic carbocycles. The Balaban J connectivity index is 2.89. The molecule has 2 aromatic carbocycles. The van der Waals surface area contributed by atoms with E-state index in [-0.39, 0.29) is 12.2 Å². The highest BCUT2D eigenvalue weighted by molar-refractivity contribution is 7.48. The van der Waals surface area contributed by atoms with Crippen molar-refractivity contribution in [2.24, 2.45) is 0 Å². The molecule has 0 aliphatic rings. The summed E-state index contributed by atoms with van der Waals surface area (Å²) >= 11 is 0. The molecule has 0 heterocycles. The summed E-state index contributed by atoms with van der Waals surface area (Å²) in [7, 11) is 0.792. The van der Waals surface area contributed by atoms with Crippen LogP contribution in [0.15, 0.2) is 12.1 Å². The molecule has 190 valence electrons. The van der Waals surface area contributed by atoms with Crippen molar-refractivity contribution < 1.29 is 31.4 Å². The van der Waals surface area contributed by atoms with Gasteiger partial charge in [0.2, 0.25) is 5.82 Å². The molecule has 2 rings (SSSR count). The summed E-state index contributed by atoms with van der Waals surface area (Å²) in [5, 5.41) is -1.67. The Hall–Kier alpha value is -1.72. The normalized spacial score (nSPS) is 14.1. The van der Waals surface area contributed by atoms with Crippen molar-refractivity contribution in [3.05, 3.63) is 57.9 Å². The lowest BCUT2D eigenvalue weighted by Gasteiger charge is -2.37. The molecule has 2 unspecified atom stereocenters. The molecule has 0 aromatic heterocycles. The standard InChI is InChI=1S/C26H34F5O2P/c1-8-10-11-26(9-2,34-24-21(30)19(28)18(27)20(29)22(24)31)17-13-15(3)12-16(25(4,5)6)23(17)33-14-32-7/h12-13,34H,8-11,14H2,1-7H3. The van der Waals surface area contributed by atoms with Crippen LogP contribution in [-0.2, 0) is 15.3 Å². The summed E-state index contributed by atoms with van der Waals surface area (Å²) in [5.41, 5.74) is 2.17. The van der Waals surface area contributed by atoms with Crippen LogP contribution in [0.5, 0.6) is 5.75 Å². The highest BCUT2D eigenvalue weighted by Gasteiger charge is 2.39. The maximum Gasteiger partial charge on any atom is 0.200 e. The van der Waals surface area contributed by atoms with E-state index >= 15 is 0 Å². The van der Waals surface area contributed by atoms with Crippen molar-refractivity contribution in [1.29, 1.82) is 0 Å². The zero-order valence-electron chi connectivity index (χ0n) is 20.9. The molecular weight excluding hydrogens is 470 g/mol. The minimum atomic E-state index is -2.14. The van der Waals surface area contributed by atoms with Gasteiger partial charge in [-0.2, -0.15) is 0 Å². The minimum absolute atomic E-state index is 0.0433. The second-order valence-electron chi connectivity index (χ2n) is 9.60. The Labute approximate surface area is 201 Å². The van der Waals surface area contributed by atoms with Crippen LogP contribution in [0.1, 0.15) is 77.0 Å². The Morgan fingerprint density at radius 1 is 0.853 bits per heavy atom. The van der Waals surface area contributed by atoms with Crippen LogP contribution in [0.25, 0.3) is 0 Å². The maximum atomic E-state index is 14.8. The first-order valence-electron chi connectivity index (χ1n) is 11.4. The lowest BCUT2D eigenvalue weighted by atomic mass is 9.80. The van der Waals surface area contributed by atoms with E-state index < -0.39 is 48.1 Å². The van der Waals surface area contributed by atoms with Gasteiger partial charge in [0, 0.05) is 23.4 Å². The zero-order chi connectivity index (χ0) is 25.8.